The highest BCUT2D eigenvalue weighted by Gasteiger charge is 2.19. The second-order valence-corrected chi connectivity index (χ2v) is 16.7. The average Bonchev–Trinajstić information content (AvgIpc) is 3.23. The van der Waals surface area contributed by atoms with Crippen LogP contribution in [0.15, 0.2) is 48.6 Å². The Bertz CT molecular complexity index is 1040. The second kappa shape index (κ2) is 48.0. The first-order valence-electron chi connectivity index (χ1n) is 25.1. The van der Waals surface area contributed by atoms with Crippen molar-refractivity contribution in [3.8, 4) is 0 Å². The molecule has 0 aliphatic carbocycles. The van der Waals surface area contributed by atoms with Crippen LogP contribution in [-0.4, -0.2) is 37.2 Å². The Morgan fingerprint density at radius 2 is 0.610 bits per heavy atom. The minimum atomic E-state index is -0.779. The minimum Gasteiger partial charge on any atom is -0.462 e. The van der Waals surface area contributed by atoms with Gasteiger partial charge in [-0.15, -0.1) is 0 Å². The first-order valence-corrected chi connectivity index (χ1v) is 25.1. The zero-order valence-electron chi connectivity index (χ0n) is 39.0. The van der Waals surface area contributed by atoms with Gasteiger partial charge in [-0.25, -0.2) is 0 Å². The number of hydrogen-bond donors (Lipinski definition) is 0. The molecule has 0 bridgehead atoms. The molecule has 1 unspecified atom stereocenters. The summed E-state index contributed by atoms with van der Waals surface area (Å²) < 4.78 is 16.7. The third-order valence-corrected chi connectivity index (χ3v) is 10.8. The molecule has 0 aliphatic heterocycles. The molecule has 1 atom stereocenters. The van der Waals surface area contributed by atoms with E-state index in [-0.39, 0.29) is 31.1 Å². The van der Waals surface area contributed by atoms with E-state index in [2.05, 4.69) is 69.4 Å². The summed E-state index contributed by atoms with van der Waals surface area (Å²) in [6.07, 6.45) is 56.7. The Hall–Kier alpha value is -2.63. The summed E-state index contributed by atoms with van der Waals surface area (Å²) in [4.78, 5) is 37.8. The maximum absolute atomic E-state index is 12.7. The van der Waals surface area contributed by atoms with Crippen LogP contribution in [0, 0.1) is 0 Å². The van der Waals surface area contributed by atoms with Gasteiger partial charge in [0.05, 0.1) is 0 Å². The van der Waals surface area contributed by atoms with Crippen LogP contribution in [0.3, 0.4) is 0 Å². The second-order valence-electron chi connectivity index (χ2n) is 16.7. The van der Waals surface area contributed by atoms with Crippen LogP contribution in [0.4, 0.5) is 0 Å². The lowest BCUT2D eigenvalue weighted by molar-refractivity contribution is -0.167. The molecule has 0 spiro atoms. The van der Waals surface area contributed by atoms with Gasteiger partial charge in [0.1, 0.15) is 13.2 Å². The molecule has 0 rings (SSSR count). The van der Waals surface area contributed by atoms with E-state index in [0.717, 1.165) is 96.3 Å². The molecule has 0 heterocycles. The van der Waals surface area contributed by atoms with Crippen molar-refractivity contribution in [3.05, 3.63) is 48.6 Å². The molecular weight excluding hydrogens is 733 g/mol. The molecule has 0 aromatic carbocycles. The summed E-state index contributed by atoms with van der Waals surface area (Å²) in [5.74, 6) is -0.905. The number of rotatable bonds is 45. The molecule has 0 aromatic heterocycles. The molecular formula is C53H94O6. The van der Waals surface area contributed by atoms with Gasteiger partial charge in [0, 0.05) is 19.3 Å². The van der Waals surface area contributed by atoms with Gasteiger partial charge in [-0.1, -0.05) is 198 Å². The molecule has 0 aromatic rings. The first kappa shape index (κ1) is 56.4. The monoisotopic (exact) mass is 827 g/mol. The summed E-state index contributed by atoms with van der Waals surface area (Å²) in [7, 11) is 0. The zero-order valence-corrected chi connectivity index (χ0v) is 39.0. The Labute approximate surface area is 365 Å². The van der Waals surface area contributed by atoms with Gasteiger partial charge >= 0.3 is 17.9 Å². The lowest BCUT2D eigenvalue weighted by Gasteiger charge is -2.18. The molecule has 6 heteroatoms. The van der Waals surface area contributed by atoms with Crippen LogP contribution in [0.25, 0.3) is 0 Å². The predicted octanol–water partition coefficient (Wildman–Crippen LogP) is 16.3. The average molecular weight is 827 g/mol. The summed E-state index contributed by atoms with van der Waals surface area (Å²) in [6, 6.07) is 0. The molecule has 0 amide bonds. The van der Waals surface area contributed by atoms with E-state index in [0.29, 0.717) is 19.3 Å². The Morgan fingerprint density at radius 3 is 0.949 bits per heavy atom. The summed E-state index contributed by atoms with van der Waals surface area (Å²) in [6.45, 7) is 6.55. The maximum Gasteiger partial charge on any atom is 0.306 e. The van der Waals surface area contributed by atoms with E-state index >= 15 is 0 Å². The van der Waals surface area contributed by atoms with E-state index < -0.39 is 6.10 Å². The van der Waals surface area contributed by atoms with Gasteiger partial charge in [0.2, 0.25) is 0 Å². The van der Waals surface area contributed by atoms with Crippen molar-refractivity contribution in [2.75, 3.05) is 13.2 Å². The lowest BCUT2D eigenvalue weighted by Crippen LogP contribution is -2.30. The topological polar surface area (TPSA) is 78.9 Å². The minimum absolute atomic E-state index is 0.0807. The molecule has 0 fully saturated rings. The van der Waals surface area contributed by atoms with E-state index in [1.165, 1.54) is 116 Å². The molecule has 0 radical (unpaired) electrons. The smallest absolute Gasteiger partial charge is 0.306 e. The van der Waals surface area contributed by atoms with Crippen LogP contribution in [0.1, 0.15) is 252 Å². The van der Waals surface area contributed by atoms with Crippen LogP contribution in [0.5, 0.6) is 0 Å². The molecule has 0 saturated heterocycles. The van der Waals surface area contributed by atoms with E-state index in [1.54, 1.807) is 0 Å². The van der Waals surface area contributed by atoms with Gasteiger partial charge in [0.25, 0.3) is 0 Å². The summed E-state index contributed by atoms with van der Waals surface area (Å²) >= 11 is 0. The Kier molecular flexibility index (Phi) is 45.9. The van der Waals surface area contributed by atoms with Gasteiger partial charge < -0.3 is 14.2 Å². The fourth-order valence-corrected chi connectivity index (χ4v) is 6.97. The van der Waals surface area contributed by atoms with E-state index in [4.69, 9.17) is 14.2 Å². The number of esters is 3. The van der Waals surface area contributed by atoms with Crippen molar-refractivity contribution >= 4 is 17.9 Å². The van der Waals surface area contributed by atoms with Crippen molar-refractivity contribution in [2.24, 2.45) is 0 Å². The Morgan fingerprint density at radius 1 is 0.339 bits per heavy atom. The quantitative estimate of drug-likeness (QED) is 0.0263. The van der Waals surface area contributed by atoms with Crippen molar-refractivity contribution in [3.63, 3.8) is 0 Å². The SMILES string of the molecule is CCCCCC/C=C\C/C=C\CCCCCCCCCC(=O)OCC(COC(=O)CCCCCCCCC)OC(=O)CCCCCCC/C=C\C/C=C\CCCCCC. The van der Waals surface area contributed by atoms with Crippen LogP contribution in [-0.2, 0) is 28.6 Å². The maximum atomic E-state index is 12.7. The fraction of sp³-hybridized carbons (Fsp3) is 0.792. The third kappa shape index (κ3) is 46.3. The predicted molar refractivity (Wildman–Crippen MR) is 252 cm³/mol. The molecule has 6 nitrogen and oxygen atoms in total. The number of ether oxygens (including phenoxy) is 3. The molecule has 342 valence electrons. The molecule has 0 saturated carbocycles. The normalized spacial score (nSPS) is 12.4. The van der Waals surface area contributed by atoms with Crippen molar-refractivity contribution in [2.45, 2.75) is 258 Å². The number of hydrogen-bond acceptors (Lipinski definition) is 6. The van der Waals surface area contributed by atoms with Crippen LogP contribution < -0.4 is 0 Å². The summed E-state index contributed by atoms with van der Waals surface area (Å²) in [5, 5.41) is 0. The zero-order chi connectivity index (χ0) is 43.0. The highest BCUT2D eigenvalue weighted by atomic mass is 16.6. The third-order valence-electron chi connectivity index (χ3n) is 10.8. The number of carbonyl (C=O) groups is 3. The molecule has 0 N–H and O–H groups in total. The number of unbranched alkanes of at least 4 members (excludes halogenated alkanes) is 26. The van der Waals surface area contributed by atoms with Crippen molar-refractivity contribution in [1.29, 1.82) is 0 Å². The highest BCUT2D eigenvalue weighted by molar-refractivity contribution is 5.71. The standard InChI is InChI=1S/C53H94O6/c1-4-7-10-13-16-18-20-22-24-26-27-29-30-32-34-37-40-43-46-52(55)58-49-50(48-57-51(54)45-42-39-36-15-12-9-6-3)59-53(56)47-44-41-38-35-33-31-28-25-23-21-19-17-14-11-8-5-2/h18-21,24-26,28,50H,4-17,22-23,27,29-49H2,1-3H3/b20-18-,21-19-,26-24-,28-25-. The van der Waals surface area contributed by atoms with Crippen molar-refractivity contribution < 1.29 is 28.6 Å². The lowest BCUT2D eigenvalue weighted by atomic mass is 10.1. The van der Waals surface area contributed by atoms with Gasteiger partial charge in [0.15, 0.2) is 6.10 Å². The van der Waals surface area contributed by atoms with Gasteiger partial charge in [-0.05, 0) is 83.5 Å². The fourth-order valence-electron chi connectivity index (χ4n) is 6.97. The van der Waals surface area contributed by atoms with E-state index in [1.807, 2.05) is 0 Å². The first-order chi connectivity index (χ1) is 29.0. The number of carbonyl (C=O) groups excluding carboxylic acids is 3. The molecule has 59 heavy (non-hydrogen) atoms. The van der Waals surface area contributed by atoms with Crippen LogP contribution in [0.2, 0.25) is 0 Å². The molecule has 0 aliphatic rings. The largest absolute Gasteiger partial charge is 0.462 e. The van der Waals surface area contributed by atoms with Gasteiger partial charge in [-0.3, -0.25) is 14.4 Å². The summed E-state index contributed by atoms with van der Waals surface area (Å²) in [5.41, 5.74) is 0. The highest BCUT2D eigenvalue weighted by Crippen LogP contribution is 2.14. The Balaban J connectivity index is 4.30. The number of allylic oxidation sites excluding steroid dienone is 8. The van der Waals surface area contributed by atoms with Crippen molar-refractivity contribution in [1.82, 2.24) is 0 Å². The van der Waals surface area contributed by atoms with Gasteiger partial charge in [-0.2, -0.15) is 0 Å². The van der Waals surface area contributed by atoms with Crippen LogP contribution >= 0.6 is 0 Å². The van der Waals surface area contributed by atoms with E-state index in [9.17, 15) is 14.4 Å².